The fraction of sp³-hybridized carbons (Fsp3) is 0.387. The van der Waals surface area contributed by atoms with Crippen LogP contribution in [0.2, 0.25) is 5.02 Å². The highest BCUT2D eigenvalue weighted by atomic mass is 35.5. The first kappa shape index (κ1) is 26.7. The van der Waals surface area contributed by atoms with E-state index in [4.69, 9.17) is 21.3 Å². The first-order valence-corrected chi connectivity index (χ1v) is 14.2. The summed E-state index contributed by atoms with van der Waals surface area (Å²) < 4.78 is 7.70. The Balaban J connectivity index is 1.26. The molecule has 1 atom stereocenters. The van der Waals surface area contributed by atoms with Crippen LogP contribution in [0.1, 0.15) is 36.5 Å². The molecule has 1 aliphatic heterocycles. The van der Waals surface area contributed by atoms with Crippen molar-refractivity contribution < 1.29 is 9.84 Å². The summed E-state index contributed by atoms with van der Waals surface area (Å²) in [6.07, 6.45) is 6.49. The lowest BCUT2D eigenvalue weighted by atomic mass is 9.83. The summed E-state index contributed by atoms with van der Waals surface area (Å²) in [6.45, 7) is 7.66. The molecule has 2 aromatic carbocycles. The molecule has 1 aliphatic carbocycles. The number of halogens is 1. The average Bonchev–Trinajstić information content (AvgIpc) is 3.54. The quantitative estimate of drug-likeness (QED) is 0.304. The summed E-state index contributed by atoms with van der Waals surface area (Å²) in [5, 5.41) is 25.0. The van der Waals surface area contributed by atoms with E-state index in [9.17, 15) is 10.4 Å². The number of aryl methyl sites for hydroxylation is 1. The van der Waals surface area contributed by atoms with Crippen molar-refractivity contribution in [3.63, 3.8) is 0 Å². The normalized spacial score (nSPS) is 19.1. The van der Waals surface area contributed by atoms with E-state index in [-0.39, 0.29) is 12.0 Å². The van der Waals surface area contributed by atoms with E-state index < -0.39 is 0 Å². The van der Waals surface area contributed by atoms with Crippen LogP contribution < -0.4 is 5.32 Å². The van der Waals surface area contributed by atoms with E-state index in [1.165, 1.54) is 0 Å². The summed E-state index contributed by atoms with van der Waals surface area (Å²) in [5.41, 5.74) is 5.80. The Morgan fingerprint density at radius 2 is 2.02 bits per heavy atom. The van der Waals surface area contributed by atoms with Gasteiger partial charge in [0.2, 0.25) is 5.95 Å². The molecule has 206 valence electrons. The molecule has 4 aromatic rings. The molecule has 8 nitrogen and oxygen atoms in total. The van der Waals surface area contributed by atoms with E-state index in [1.807, 2.05) is 24.3 Å². The molecule has 6 rings (SSSR count). The second-order valence-corrected chi connectivity index (χ2v) is 11.4. The van der Waals surface area contributed by atoms with Gasteiger partial charge in [-0.25, -0.2) is 9.97 Å². The maximum absolute atomic E-state index is 10.1. The monoisotopic (exact) mass is 556 g/mol. The second-order valence-electron chi connectivity index (χ2n) is 11.0. The van der Waals surface area contributed by atoms with Gasteiger partial charge in [0, 0.05) is 60.0 Å². The fourth-order valence-corrected chi connectivity index (χ4v) is 6.19. The van der Waals surface area contributed by atoms with E-state index in [0.29, 0.717) is 22.2 Å². The van der Waals surface area contributed by atoms with Crippen molar-refractivity contribution in [3.05, 3.63) is 70.5 Å². The highest BCUT2D eigenvalue weighted by Gasteiger charge is 2.35. The summed E-state index contributed by atoms with van der Waals surface area (Å²) in [5.74, 6) is 0.449. The lowest BCUT2D eigenvalue weighted by molar-refractivity contribution is 0.0369. The Kier molecular flexibility index (Phi) is 7.47. The number of nitriles is 1. The summed E-state index contributed by atoms with van der Waals surface area (Å²) >= 11 is 6.56. The number of nitrogens with one attached hydrogen (secondary N) is 1. The maximum atomic E-state index is 10.1. The van der Waals surface area contributed by atoms with Crippen LogP contribution in [-0.2, 0) is 23.1 Å². The van der Waals surface area contributed by atoms with E-state index in [1.54, 1.807) is 6.20 Å². The van der Waals surface area contributed by atoms with E-state index >= 15 is 0 Å². The van der Waals surface area contributed by atoms with Gasteiger partial charge in [-0.1, -0.05) is 18.5 Å². The Hall–Kier alpha value is -3.48. The molecule has 2 aromatic heterocycles. The van der Waals surface area contributed by atoms with Crippen LogP contribution >= 0.6 is 11.6 Å². The third kappa shape index (κ3) is 5.18. The van der Waals surface area contributed by atoms with Gasteiger partial charge in [-0.15, -0.1) is 0 Å². The molecular weight excluding hydrogens is 524 g/mol. The summed E-state index contributed by atoms with van der Waals surface area (Å²) in [6, 6.07) is 14.2. The van der Waals surface area contributed by atoms with Gasteiger partial charge in [0.25, 0.3) is 0 Å². The van der Waals surface area contributed by atoms with Crippen LogP contribution in [0.5, 0.6) is 0 Å². The zero-order chi connectivity index (χ0) is 27.7. The average molecular weight is 557 g/mol. The molecule has 3 heterocycles. The second kappa shape index (κ2) is 11.2. The number of nitrogens with zero attached hydrogens (tertiary/aromatic N) is 5. The van der Waals surface area contributed by atoms with E-state index in [0.717, 1.165) is 91.9 Å². The lowest BCUT2D eigenvalue weighted by Crippen LogP contribution is -2.37. The summed E-state index contributed by atoms with van der Waals surface area (Å²) in [4.78, 5) is 11.7. The van der Waals surface area contributed by atoms with Gasteiger partial charge >= 0.3 is 0 Å². The number of aliphatic hydroxyl groups excluding tert-OH is 1. The smallest absolute Gasteiger partial charge is 0.227 e. The Bertz CT molecular complexity index is 1590. The summed E-state index contributed by atoms with van der Waals surface area (Å²) in [7, 11) is 0. The number of morpholine rings is 1. The van der Waals surface area contributed by atoms with Crippen LogP contribution in [0.25, 0.3) is 22.2 Å². The first-order valence-electron chi connectivity index (χ1n) is 13.8. The zero-order valence-electron chi connectivity index (χ0n) is 22.7. The van der Waals surface area contributed by atoms with Crippen molar-refractivity contribution in [2.75, 3.05) is 44.8 Å². The Morgan fingerprint density at radius 1 is 1.18 bits per heavy atom. The minimum absolute atomic E-state index is 0.0442. The SMILES string of the molecule is CC1(CO)CCc2c(C#N)cc(-c3ccnc(Nc4cc(Cl)cc5c4ccn5CCCN4CCOCC4)n3)cc21. The van der Waals surface area contributed by atoms with Crippen LogP contribution in [0.3, 0.4) is 0 Å². The van der Waals surface area contributed by atoms with Crippen molar-refractivity contribution in [2.45, 2.75) is 38.1 Å². The van der Waals surface area contributed by atoms with Gasteiger partial charge in [0.05, 0.1) is 48.4 Å². The van der Waals surface area contributed by atoms with Gasteiger partial charge in [-0.05, 0) is 66.8 Å². The predicted octanol–water partition coefficient (Wildman–Crippen LogP) is 5.29. The standard InChI is InChI=1S/C31H33ClN6O2/c1-31(20-39)6-3-24-22(19-33)15-21(16-26(24)31)27-4-7-34-30(35-27)36-28-17-23(32)18-29-25(28)5-10-38(29)9-2-8-37-11-13-40-14-12-37/h4-5,7,10,15-18,39H,2-3,6,8-9,11-14,20H2,1H3,(H,34,35,36). The highest BCUT2D eigenvalue weighted by molar-refractivity contribution is 6.32. The number of aliphatic hydroxyl groups is 1. The molecule has 0 saturated carbocycles. The highest BCUT2D eigenvalue weighted by Crippen LogP contribution is 2.42. The molecule has 2 aliphatic rings. The molecule has 2 N–H and O–H groups in total. The van der Waals surface area contributed by atoms with Gasteiger partial charge in [0.15, 0.2) is 0 Å². The molecule has 0 spiro atoms. The molecule has 1 unspecified atom stereocenters. The minimum atomic E-state index is -0.354. The number of fused-ring (bicyclic) bond motifs is 2. The van der Waals surface area contributed by atoms with Crippen LogP contribution in [0.15, 0.2) is 48.8 Å². The topological polar surface area (TPSA) is 99.2 Å². The number of benzene rings is 2. The molecule has 0 radical (unpaired) electrons. The third-order valence-electron chi connectivity index (χ3n) is 8.32. The van der Waals surface area contributed by atoms with E-state index in [2.05, 4.69) is 51.1 Å². The number of rotatable bonds is 8. The van der Waals surface area contributed by atoms with Crippen LogP contribution in [0.4, 0.5) is 11.6 Å². The fourth-order valence-electron chi connectivity index (χ4n) is 5.98. The lowest BCUT2D eigenvalue weighted by Gasteiger charge is -2.26. The molecule has 0 bridgehead atoms. The van der Waals surface area contributed by atoms with Crippen LogP contribution in [0, 0.1) is 11.3 Å². The van der Waals surface area contributed by atoms with Gasteiger partial charge in [0.1, 0.15) is 0 Å². The van der Waals surface area contributed by atoms with Gasteiger partial charge < -0.3 is 19.7 Å². The van der Waals surface area contributed by atoms with Crippen LogP contribution in [-0.4, -0.2) is 64.0 Å². The number of ether oxygens (including phenoxy) is 1. The van der Waals surface area contributed by atoms with Crippen molar-refractivity contribution >= 4 is 34.1 Å². The maximum Gasteiger partial charge on any atom is 0.227 e. The number of hydrogen-bond acceptors (Lipinski definition) is 7. The molecule has 9 heteroatoms. The van der Waals surface area contributed by atoms with Crippen molar-refractivity contribution in [1.82, 2.24) is 19.4 Å². The molecule has 40 heavy (non-hydrogen) atoms. The van der Waals surface area contributed by atoms with Gasteiger partial charge in [-0.3, -0.25) is 4.90 Å². The number of aromatic nitrogens is 3. The molecule has 1 fully saturated rings. The van der Waals surface area contributed by atoms with Gasteiger partial charge in [-0.2, -0.15) is 5.26 Å². The largest absolute Gasteiger partial charge is 0.395 e. The van der Waals surface area contributed by atoms with Crippen molar-refractivity contribution in [3.8, 4) is 17.3 Å². The predicted molar refractivity (Wildman–Crippen MR) is 157 cm³/mol. The molecular formula is C31H33ClN6O2. The molecule has 0 amide bonds. The number of anilines is 2. The van der Waals surface area contributed by atoms with Crippen molar-refractivity contribution in [2.24, 2.45) is 0 Å². The van der Waals surface area contributed by atoms with Crippen molar-refractivity contribution in [1.29, 1.82) is 5.26 Å². The third-order valence-corrected chi connectivity index (χ3v) is 8.54. The Morgan fingerprint density at radius 3 is 2.83 bits per heavy atom. The first-order chi connectivity index (χ1) is 19.5. The zero-order valence-corrected chi connectivity index (χ0v) is 23.4. The minimum Gasteiger partial charge on any atom is -0.395 e. The Labute approximate surface area is 239 Å². The number of hydrogen-bond donors (Lipinski definition) is 2. The molecule has 1 saturated heterocycles.